The monoisotopic (exact) mass is 552 g/mol. The summed E-state index contributed by atoms with van der Waals surface area (Å²) in [6, 6.07) is 0. The second-order valence-corrected chi connectivity index (χ2v) is 12.2. The fourth-order valence-electron chi connectivity index (χ4n) is 4.85. The molecule has 0 saturated carbocycles. The number of phenolic OH excluding ortho intramolecular Hbond substituents is 2. The molecule has 1 aliphatic heterocycles. The molecule has 3 rings (SSSR count). The van der Waals surface area contributed by atoms with Crippen molar-refractivity contribution in [1.82, 2.24) is 0 Å². The van der Waals surface area contributed by atoms with Gasteiger partial charge in [0.2, 0.25) is 0 Å². The van der Waals surface area contributed by atoms with Gasteiger partial charge in [-0.3, -0.25) is 14.4 Å². The quantitative estimate of drug-likeness (QED) is 0.164. The van der Waals surface area contributed by atoms with Crippen LogP contribution >= 0.6 is 0 Å². The Morgan fingerprint density at radius 2 is 1.52 bits per heavy atom. The molecule has 8 nitrogen and oxygen atoms in total. The molecule has 0 saturated heterocycles. The van der Waals surface area contributed by atoms with Gasteiger partial charge in [-0.15, -0.1) is 0 Å². The Morgan fingerprint density at radius 3 is 2.05 bits per heavy atom. The molecule has 8 heteroatoms. The Hall–Kier alpha value is -3.81. The number of benzene rings is 1. The molecule has 1 aromatic rings. The first kappa shape index (κ1) is 30.7. The van der Waals surface area contributed by atoms with Crippen LogP contribution in [0.25, 0.3) is 6.08 Å². The van der Waals surface area contributed by atoms with E-state index in [9.17, 15) is 34.8 Å². The van der Waals surface area contributed by atoms with Crippen LogP contribution in [-0.2, 0) is 16.0 Å². The smallest absolute Gasteiger partial charge is 0.183 e. The number of aliphatic hydroxyl groups excluding tert-OH is 2. The van der Waals surface area contributed by atoms with Crippen molar-refractivity contribution in [2.75, 3.05) is 0 Å². The lowest BCUT2D eigenvalue weighted by Gasteiger charge is -2.34. The number of phenols is 2. The van der Waals surface area contributed by atoms with Gasteiger partial charge in [0.1, 0.15) is 45.5 Å². The number of ether oxygens (including phenoxy) is 1. The second-order valence-electron chi connectivity index (χ2n) is 12.2. The Morgan fingerprint density at radius 1 is 0.950 bits per heavy atom. The summed E-state index contributed by atoms with van der Waals surface area (Å²) in [5.74, 6) is -5.01. The summed E-state index contributed by atoms with van der Waals surface area (Å²) >= 11 is 0. The lowest BCUT2D eigenvalue weighted by atomic mass is 9.69. The summed E-state index contributed by atoms with van der Waals surface area (Å²) in [6.45, 7) is 15.2. The van der Waals surface area contributed by atoms with Gasteiger partial charge in [-0.2, -0.15) is 0 Å². The summed E-state index contributed by atoms with van der Waals surface area (Å²) in [6.07, 6.45) is 4.63. The van der Waals surface area contributed by atoms with Crippen molar-refractivity contribution < 1.29 is 39.5 Å². The van der Waals surface area contributed by atoms with Crippen LogP contribution in [0.4, 0.5) is 0 Å². The van der Waals surface area contributed by atoms with E-state index in [1.54, 1.807) is 59.8 Å². The predicted molar refractivity (Wildman–Crippen MR) is 153 cm³/mol. The molecule has 0 fully saturated rings. The van der Waals surface area contributed by atoms with Crippen molar-refractivity contribution >= 4 is 23.4 Å². The first-order chi connectivity index (χ1) is 18.4. The van der Waals surface area contributed by atoms with E-state index in [4.69, 9.17) is 4.74 Å². The second kappa shape index (κ2) is 10.6. The van der Waals surface area contributed by atoms with Gasteiger partial charge < -0.3 is 25.2 Å². The third-order valence-corrected chi connectivity index (χ3v) is 7.42. The number of rotatable bonds is 8. The molecule has 1 aromatic carbocycles. The third kappa shape index (κ3) is 5.19. The SMILES string of the molecule is CC(C)=CCC1(C)C(=O)C(C(=O)C(C)C)=C(O)C(Cc2c(O)c3c(c(C(=O)C(C)C)c2O)OC(C)(C)C=C3)=C1O. The minimum absolute atomic E-state index is 0.0332. The summed E-state index contributed by atoms with van der Waals surface area (Å²) in [4.78, 5) is 40.0. The van der Waals surface area contributed by atoms with Gasteiger partial charge in [-0.05, 0) is 53.2 Å². The van der Waals surface area contributed by atoms with Crippen molar-refractivity contribution in [3.63, 3.8) is 0 Å². The highest BCUT2D eigenvalue weighted by Crippen LogP contribution is 2.50. The van der Waals surface area contributed by atoms with Gasteiger partial charge in [0.05, 0.1) is 11.0 Å². The normalized spacial score (nSPS) is 20.1. The number of carbonyl (C=O) groups excluding carboxylic acids is 3. The van der Waals surface area contributed by atoms with Crippen molar-refractivity contribution in [3.8, 4) is 17.2 Å². The minimum atomic E-state index is -1.58. The molecule has 0 amide bonds. The molecule has 2 aliphatic rings. The molecule has 1 heterocycles. The van der Waals surface area contributed by atoms with E-state index in [1.807, 2.05) is 13.8 Å². The molecule has 1 unspecified atom stereocenters. The van der Waals surface area contributed by atoms with Crippen LogP contribution in [0.3, 0.4) is 0 Å². The van der Waals surface area contributed by atoms with E-state index in [0.29, 0.717) is 0 Å². The van der Waals surface area contributed by atoms with Crippen molar-refractivity contribution in [1.29, 1.82) is 0 Å². The number of aliphatic hydroxyl groups is 2. The maximum atomic E-state index is 13.6. The number of Topliss-reactive ketones (excluding diaryl/α,β-unsaturated/α-hetero) is 3. The molecule has 0 bridgehead atoms. The maximum absolute atomic E-state index is 13.6. The summed E-state index contributed by atoms with van der Waals surface area (Å²) in [7, 11) is 0. The van der Waals surface area contributed by atoms with Gasteiger partial charge >= 0.3 is 0 Å². The van der Waals surface area contributed by atoms with Crippen LogP contribution < -0.4 is 4.74 Å². The number of allylic oxidation sites excluding steroid dienone is 5. The number of hydrogen-bond donors (Lipinski definition) is 4. The molecule has 216 valence electrons. The van der Waals surface area contributed by atoms with Crippen LogP contribution in [-0.4, -0.2) is 43.4 Å². The zero-order chi connectivity index (χ0) is 30.5. The van der Waals surface area contributed by atoms with E-state index in [-0.39, 0.29) is 34.4 Å². The van der Waals surface area contributed by atoms with E-state index in [0.717, 1.165) is 5.57 Å². The Kier molecular flexibility index (Phi) is 8.17. The molecule has 0 radical (unpaired) electrons. The van der Waals surface area contributed by atoms with E-state index < -0.39 is 75.2 Å². The van der Waals surface area contributed by atoms with E-state index in [1.165, 1.54) is 6.92 Å². The van der Waals surface area contributed by atoms with Crippen molar-refractivity contribution in [2.45, 2.75) is 80.8 Å². The zero-order valence-corrected chi connectivity index (χ0v) is 24.7. The first-order valence-electron chi connectivity index (χ1n) is 13.5. The van der Waals surface area contributed by atoms with E-state index in [2.05, 4.69) is 0 Å². The largest absolute Gasteiger partial charge is 0.511 e. The number of aromatic hydroxyl groups is 2. The fraction of sp³-hybridized carbons (Fsp3) is 0.469. The average Bonchev–Trinajstić information content (AvgIpc) is 2.85. The highest BCUT2D eigenvalue weighted by atomic mass is 16.5. The predicted octanol–water partition coefficient (Wildman–Crippen LogP) is 6.46. The first-order valence-corrected chi connectivity index (χ1v) is 13.5. The fourth-order valence-corrected chi connectivity index (χ4v) is 4.85. The van der Waals surface area contributed by atoms with Gasteiger partial charge in [-0.25, -0.2) is 0 Å². The summed E-state index contributed by atoms with van der Waals surface area (Å²) < 4.78 is 6.00. The van der Waals surface area contributed by atoms with Gasteiger partial charge in [0.25, 0.3) is 0 Å². The summed E-state index contributed by atoms with van der Waals surface area (Å²) in [5.41, 5.74) is -2.26. The third-order valence-electron chi connectivity index (χ3n) is 7.42. The van der Waals surface area contributed by atoms with Crippen molar-refractivity contribution in [2.24, 2.45) is 17.3 Å². The molecule has 40 heavy (non-hydrogen) atoms. The number of fused-ring (bicyclic) bond motifs is 1. The molecule has 1 atom stereocenters. The van der Waals surface area contributed by atoms with Gasteiger partial charge in [-0.1, -0.05) is 39.3 Å². The number of hydrogen-bond acceptors (Lipinski definition) is 8. The zero-order valence-electron chi connectivity index (χ0n) is 24.7. The maximum Gasteiger partial charge on any atom is 0.183 e. The number of carbonyl (C=O) groups is 3. The Labute approximate surface area is 235 Å². The standard InChI is InChI=1S/C32H40O8/c1-15(2)10-13-32(9)29(38)20(27(37)22(30(32)39)24(34)17(5)6)14-19-25(35)18-11-12-31(7,8)40-28(18)21(26(19)36)23(33)16(3)4/h10-12,16-17,35-38H,13-14H2,1-9H3. The Bertz CT molecular complexity index is 1410. The van der Waals surface area contributed by atoms with E-state index >= 15 is 0 Å². The molecular formula is C32H40O8. The Balaban J connectivity index is 2.36. The van der Waals surface area contributed by atoms with Gasteiger partial charge in [0.15, 0.2) is 17.3 Å². The van der Waals surface area contributed by atoms with Crippen molar-refractivity contribution in [3.05, 3.63) is 57.1 Å². The highest BCUT2D eigenvalue weighted by Gasteiger charge is 2.48. The summed E-state index contributed by atoms with van der Waals surface area (Å²) in [5, 5.41) is 45.4. The molecule has 0 spiro atoms. The molecule has 1 aliphatic carbocycles. The van der Waals surface area contributed by atoms with Gasteiger partial charge in [0, 0.05) is 29.4 Å². The van der Waals surface area contributed by atoms with Crippen LogP contribution in [0.1, 0.15) is 90.2 Å². The van der Waals surface area contributed by atoms with Crippen LogP contribution in [0, 0.1) is 17.3 Å². The highest BCUT2D eigenvalue weighted by molar-refractivity contribution is 6.24. The minimum Gasteiger partial charge on any atom is -0.511 e. The molecule has 0 aromatic heterocycles. The average molecular weight is 553 g/mol. The van der Waals surface area contributed by atoms with Crippen LogP contribution in [0.2, 0.25) is 0 Å². The molecular weight excluding hydrogens is 512 g/mol. The topological polar surface area (TPSA) is 141 Å². The van der Waals surface area contributed by atoms with Crippen LogP contribution in [0.5, 0.6) is 17.2 Å². The lowest BCUT2D eigenvalue weighted by Crippen LogP contribution is -2.39. The molecule has 4 N–H and O–H groups in total. The van der Waals surface area contributed by atoms with Crippen LogP contribution in [0.15, 0.2) is 40.4 Å². The number of ketones is 3. The lowest BCUT2D eigenvalue weighted by molar-refractivity contribution is -0.128.